The van der Waals surface area contributed by atoms with Crippen LogP contribution in [0.15, 0.2) is 40.9 Å². The maximum Gasteiger partial charge on any atom is 0.124 e. The summed E-state index contributed by atoms with van der Waals surface area (Å²) in [5.41, 5.74) is 0.824. The number of halogens is 2. The quantitative estimate of drug-likeness (QED) is 0.910. The van der Waals surface area contributed by atoms with E-state index in [1.54, 1.807) is 32.2 Å². The Kier molecular flexibility index (Phi) is 4.16. The fraction of sp³-hybridized carbons (Fsp3) is 0.250. The number of rotatable bonds is 3. The number of ether oxygens (including phenoxy) is 1. The van der Waals surface area contributed by atoms with Gasteiger partial charge in [0.05, 0.1) is 7.11 Å². The van der Waals surface area contributed by atoms with Gasteiger partial charge in [0.15, 0.2) is 0 Å². The molecule has 0 aliphatic carbocycles. The van der Waals surface area contributed by atoms with E-state index in [-0.39, 0.29) is 5.82 Å². The van der Waals surface area contributed by atoms with Crippen LogP contribution in [0.25, 0.3) is 0 Å². The standard InChI is InChI=1S/C16H16BrFO2/c1-10-6-11(4-5-15(10)20-3)16(2,19)12-7-13(17)9-14(18)8-12/h4-9,19H,1-3H3. The molecule has 0 fully saturated rings. The highest BCUT2D eigenvalue weighted by atomic mass is 79.9. The van der Waals surface area contributed by atoms with Crippen molar-refractivity contribution in [1.29, 1.82) is 0 Å². The molecule has 20 heavy (non-hydrogen) atoms. The van der Waals surface area contributed by atoms with Crippen LogP contribution >= 0.6 is 15.9 Å². The smallest absolute Gasteiger partial charge is 0.124 e. The van der Waals surface area contributed by atoms with Gasteiger partial charge in [-0.25, -0.2) is 4.39 Å². The highest BCUT2D eigenvalue weighted by Crippen LogP contribution is 2.33. The first kappa shape index (κ1) is 15.0. The zero-order valence-corrected chi connectivity index (χ0v) is 13.2. The predicted octanol–water partition coefficient (Wildman–Crippen LogP) is 4.16. The third-order valence-corrected chi connectivity index (χ3v) is 3.84. The lowest BCUT2D eigenvalue weighted by Gasteiger charge is -2.25. The Hall–Kier alpha value is -1.39. The summed E-state index contributed by atoms with van der Waals surface area (Å²) in [7, 11) is 1.60. The number of hydrogen-bond acceptors (Lipinski definition) is 2. The summed E-state index contributed by atoms with van der Waals surface area (Å²) >= 11 is 3.24. The van der Waals surface area contributed by atoms with Crippen molar-refractivity contribution in [3.05, 3.63) is 63.4 Å². The van der Waals surface area contributed by atoms with E-state index in [1.165, 1.54) is 12.1 Å². The number of hydrogen-bond donors (Lipinski definition) is 1. The molecule has 2 aromatic carbocycles. The molecule has 1 N–H and O–H groups in total. The Bertz CT molecular complexity index is 618. The Morgan fingerprint density at radius 2 is 1.85 bits per heavy atom. The van der Waals surface area contributed by atoms with Crippen LogP contribution in [0.4, 0.5) is 4.39 Å². The van der Waals surface area contributed by atoms with Crippen LogP contribution in [0.3, 0.4) is 0 Å². The normalized spacial score (nSPS) is 13.9. The van der Waals surface area contributed by atoms with Crippen molar-refractivity contribution < 1.29 is 14.2 Å². The molecule has 2 nitrogen and oxygen atoms in total. The number of aliphatic hydroxyl groups is 1. The minimum atomic E-state index is -1.28. The molecule has 0 aromatic heterocycles. The summed E-state index contributed by atoms with van der Waals surface area (Å²) in [5.74, 6) is 0.366. The lowest BCUT2D eigenvalue weighted by molar-refractivity contribution is 0.102. The first-order valence-corrected chi connectivity index (χ1v) is 6.98. The summed E-state index contributed by atoms with van der Waals surface area (Å²) in [5, 5.41) is 10.8. The van der Waals surface area contributed by atoms with Crippen molar-refractivity contribution in [2.45, 2.75) is 19.4 Å². The monoisotopic (exact) mass is 338 g/mol. The van der Waals surface area contributed by atoms with Crippen LogP contribution in [0.2, 0.25) is 0 Å². The number of aryl methyl sites for hydroxylation is 1. The molecular formula is C16H16BrFO2. The van der Waals surface area contributed by atoms with Gasteiger partial charge in [-0.3, -0.25) is 0 Å². The second-order valence-electron chi connectivity index (χ2n) is 4.91. The van der Waals surface area contributed by atoms with Crippen LogP contribution in [0.1, 0.15) is 23.6 Å². The van der Waals surface area contributed by atoms with Crippen LogP contribution in [0, 0.1) is 12.7 Å². The van der Waals surface area contributed by atoms with Crippen molar-refractivity contribution in [2.75, 3.05) is 7.11 Å². The SMILES string of the molecule is COc1ccc(C(C)(O)c2cc(F)cc(Br)c2)cc1C. The minimum absolute atomic E-state index is 0.389. The van der Waals surface area contributed by atoms with E-state index in [1.807, 2.05) is 13.0 Å². The zero-order valence-electron chi connectivity index (χ0n) is 11.6. The fourth-order valence-electron chi connectivity index (χ4n) is 2.18. The van der Waals surface area contributed by atoms with Gasteiger partial charge in [-0.15, -0.1) is 0 Å². The van der Waals surface area contributed by atoms with Crippen LogP contribution in [-0.4, -0.2) is 12.2 Å². The molecule has 0 bridgehead atoms. The van der Waals surface area contributed by atoms with Gasteiger partial charge in [0.1, 0.15) is 17.2 Å². The Labute approximate surface area is 126 Å². The number of methoxy groups -OCH3 is 1. The maximum absolute atomic E-state index is 13.5. The molecule has 106 valence electrons. The summed E-state index contributed by atoms with van der Waals surface area (Å²) < 4.78 is 19.3. The molecule has 1 unspecified atom stereocenters. The molecule has 2 aromatic rings. The highest BCUT2D eigenvalue weighted by molar-refractivity contribution is 9.10. The van der Waals surface area contributed by atoms with Crippen LogP contribution < -0.4 is 4.74 Å². The van der Waals surface area contributed by atoms with Crippen molar-refractivity contribution >= 4 is 15.9 Å². The van der Waals surface area contributed by atoms with Gasteiger partial charge >= 0.3 is 0 Å². The predicted molar refractivity (Wildman–Crippen MR) is 80.5 cm³/mol. The molecule has 1 atom stereocenters. The molecule has 0 heterocycles. The average molecular weight is 339 g/mol. The van der Waals surface area contributed by atoms with E-state index < -0.39 is 5.60 Å². The summed E-state index contributed by atoms with van der Waals surface area (Å²) in [4.78, 5) is 0. The number of benzene rings is 2. The molecule has 0 aliphatic rings. The van der Waals surface area contributed by atoms with E-state index >= 15 is 0 Å². The van der Waals surface area contributed by atoms with E-state index in [9.17, 15) is 9.50 Å². The molecule has 2 rings (SSSR count). The van der Waals surface area contributed by atoms with Crippen LogP contribution in [0.5, 0.6) is 5.75 Å². The second-order valence-corrected chi connectivity index (χ2v) is 5.83. The maximum atomic E-state index is 13.5. The highest BCUT2D eigenvalue weighted by Gasteiger charge is 2.27. The molecule has 0 aliphatic heterocycles. The summed E-state index contributed by atoms with van der Waals surface area (Å²) in [6.45, 7) is 3.55. The van der Waals surface area contributed by atoms with Gasteiger partial charge in [-0.1, -0.05) is 22.0 Å². The van der Waals surface area contributed by atoms with Gasteiger partial charge in [-0.05, 0) is 60.9 Å². The van der Waals surface area contributed by atoms with Crippen molar-refractivity contribution in [2.24, 2.45) is 0 Å². The Morgan fingerprint density at radius 1 is 1.15 bits per heavy atom. The van der Waals surface area contributed by atoms with Gasteiger partial charge in [0, 0.05) is 4.47 Å². The lowest BCUT2D eigenvalue weighted by Crippen LogP contribution is -2.23. The summed E-state index contributed by atoms with van der Waals surface area (Å²) in [6, 6.07) is 9.83. The van der Waals surface area contributed by atoms with E-state index in [0.29, 0.717) is 15.6 Å². The van der Waals surface area contributed by atoms with E-state index in [2.05, 4.69) is 15.9 Å². The van der Waals surface area contributed by atoms with Crippen LogP contribution in [-0.2, 0) is 5.60 Å². The fourth-order valence-corrected chi connectivity index (χ4v) is 2.65. The molecule has 0 amide bonds. The molecule has 0 spiro atoms. The van der Waals surface area contributed by atoms with E-state index in [4.69, 9.17) is 4.74 Å². The van der Waals surface area contributed by atoms with Gasteiger partial charge in [0.25, 0.3) is 0 Å². The molecule has 0 saturated heterocycles. The first-order chi connectivity index (χ1) is 9.34. The third kappa shape index (κ3) is 2.86. The first-order valence-electron chi connectivity index (χ1n) is 6.18. The van der Waals surface area contributed by atoms with Crippen molar-refractivity contribution in [3.63, 3.8) is 0 Å². The molecule has 0 saturated carbocycles. The van der Waals surface area contributed by atoms with Gasteiger partial charge in [-0.2, -0.15) is 0 Å². The summed E-state index contributed by atoms with van der Waals surface area (Å²) in [6.07, 6.45) is 0. The zero-order chi connectivity index (χ0) is 14.9. The molecule has 0 radical (unpaired) electrons. The van der Waals surface area contributed by atoms with E-state index in [0.717, 1.165) is 11.3 Å². The minimum Gasteiger partial charge on any atom is -0.496 e. The van der Waals surface area contributed by atoms with Crippen molar-refractivity contribution in [1.82, 2.24) is 0 Å². The topological polar surface area (TPSA) is 29.5 Å². The van der Waals surface area contributed by atoms with Gasteiger partial charge < -0.3 is 9.84 Å². The Balaban J connectivity index is 2.51. The third-order valence-electron chi connectivity index (χ3n) is 3.38. The second kappa shape index (κ2) is 5.54. The Morgan fingerprint density at radius 3 is 2.40 bits per heavy atom. The average Bonchev–Trinajstić information content (AvgIpc) is 2.37. The molecular weight excluding hydrogens is 323 g/mol. The lowest BCUT2D eigenvalue weighted by atomic mass is 9.87. The van der Waals surface area contributed by atoms with Crippen molar-refractivity contribution in [3.8, 4) is 5.75 Å². The largest absolute Gasteiger partial charge is 0.496 e. The van der Waals surface area contributed by atoms with Gasteiger partial charge in [0.2, 0.25) is 0 Å². The molecule has 4 heteroatoms.